The molecule has 1 N–H and O–H groups in total. The number of benzene rings is 3. The number of methoxy groups -OCH3 is 1. The molecule has 0 spiro atoms. The second-order valence-corrected chi connectivity index (χ2v) is 10.1. The molecule has 0 bridgehead atoms. The molecular weight excluding hydrogens is 522 g/mol. The summed E-state index contributed by atoms with van der Waals surface area (Å²) >= 11 is 0. The number of hydrogen-bond acceptors (Lipinski definition) is 7. The summed E-state index contributed by atoms with van der Waals surface area (Å²) in [7, 11) is 1.56. The number of unbranched alkanes of at least 4 members (excludes halogenated alkanes) is 2. The zero-order chi connectivity index (χ0) is 28.8. The monoisotopic (exact) mass is 557 g/mol. The first-order valence-electron chi connectivity index (χ1n) is 14.0. The van der Waals surface area contributed by atoms with Crippen molar-refractivity contribution in [3.8, 4) is 23.0 Å². The van der Waals surface area contributed by atoms with Crippen LogP contribution in [0.1, 0.15) is 48.9 Å². The molecule has 8 nitrogen and oxygen atoms in total. The molecule has 3 aromatic carbocycles. The topological polar surface area (TPSA) is 94.5 Å². The Labute approximate surface area is 240 Å². The zero-order valence-corrected chi connectivity index (χ0v) is 23.4. The van der Waals surface area contributed by atoms with Crippen LogP contribution in [-0.4, -0.2) is 55.2 Å². The number of ether oxygens (including phenoxy) is 4. The van der Waals surface area contributed by atoms with Gasteiger partial charge in [0.15, 0.2) is 23.0 Å². The average Bonchev–Trinajstić information content (AvgIpc) is 3.27. The largest absolute Gasteiger partial charge is 0.507 e. The summed E-state index contributed by atoms with van der Waals surface area (Å²) in [5.74, 6) is 0.435. The number of aliphatic hydroxyl groups is 1. The first kappa shape index (κ1) is 28.1. The van der Waals surface area contributed by atoms with Gasteiger partial charge in [-0.05, 0) is 54.3 Å². The first-order chi connectivity index (χ1) is 20.0. The Balaban J connectivity index is 1.54. The second-order valence-electron chi connectivity index (χ2n) is 10.1. The Kier molecular flexibility index (Phi) is 8.77. The van der Waals surface area contributed by atoms with Crippen molar-refractivity contribution in [2.24, 2.45) is 0 Å². The molecule has 0 aliphatic carbocycles. The maximum Gasteiger partial charge on any atom is 0.295 e. The number of ketones is 1. The predicted molar refractivity (Wildman–Crippen MR) is 155 cm³/mol. The van der Waals surface area contributed by atoms with E-state index in [1.54, 1.807) is 37.4 Å². The number of amides is 1. The highest BCUT2D eigenvalue weighted by molar-refractivity contribution is 6.46. The lowest BCUT2D eigenvalue weighted by Crippen LogP contribution is -2.31. The third kappa shape index (κ3) is 6.01. The molecule has 1 unspecified atom stereocenters. The molecule has 8 heteroatoms. The molecule has 0 aromatic heterocycles. The predicted octanol–water partition coefficient (Wildman–Crippen LogP) is 5.70. The van der Waals surface area contributed by atoms with E-state index in [9.17, 15) is 14.7 Å². The highest BCUT2D eigenvalue weighted by Crippen LogP contribution is 2.43. The fraction of sp³-hybridized carbons (Fsp3) is 0.333. The average molecular weight is 558 g/mol. The van der Waals surface area contributed by atoms with Crippen LogP contribution in [0.5, 0.6) is 23.0 Å². The van der Waals surface area contributed by atoms with Gasteiger partial charge < -0.3 is 29.0 Å². The van der Waals surface area contributed by atoms with Gasteiger partial charge in [0.1, 0.15) is 19.0 Å². The second kappa shape index (κ2) is 12.8. The van der Waals surface area contributed by atoms with Crippen LogP contribution >= 0.6 is 0 Å². The minimum absolute atomic E-state index is 0.0124. The molecule has 5 rings (SSSR count). The van der Waals surface area contributed by atoms with Crippen molar-refractivity contribution in [2.45, 2.75) is 38.6 Å². The van der Waals surface area contributed by atoms with Crippen LogP contribution in [0, 0.1) is 0 Å². The van der Waals surface area contributed by atoms with E-state index < -0.39 is 17.7 Å². The van der Waals surface area contributed by atoms with Gasteiger partial charge in [-0.3, -0.25) is 9.59 Å². The number of aliphatic hydroxyl groups excluding tert-OH is 1. The van der Waals surface area contributed by atoms with Gasteiger partial charge in [0.2, 0.25) is 0 Å². The lowest BCUT2D eigenvalue weighted by Gasteiger charge is -2.26. The van der Waals surface area contributed by atoms with Gasteiger partial charge in [0, 0.05) is 12.1 Å². The van der Waals surface area contributed by atoms with Crippen LogP contribution in [-0.2, 0) is 16.0 Å². The van der Waals surface area contributed by atoms with E-state index >= 15 is 0 Å². The van der Waals surface area contributed by atoms with E-state index in [4.69, 9.17) is 18.9 Å². The Morgan fingerprint density at radius 2 is 1.73 bits per heavy atom. The van der Waals surface area contributed by atoms with Crippen molar-refractivity contribution in [3.63, 3.8) is 0 Å². The third-order valence-electron chi connectivity index (χ3n) is 7.35. The Morgan fingerprint density at radius 1 is 0.951 bits per heavy atom. The molecule has 2 aliphatic heterocycles. The maximum atomic E-state index is 13.5. The Morgan fingerprint density at radius 3 is 2.49 bits per heavy atom. The van der Waals surface area contributed by atoms with Gasteiger partial charge in [-0.15, -0.1) is 0 Å². The molecular formula is C33H35NO7. The van der Waals surface area contributed by atoms with Crippen LogP contribution in [0.3, 0.4) is 0 Å². The lowest BCUT2D eigenvalue weighted by molar-refractivity contribution is -0.139. The van der Waals surface area contributed by atoms with Crippen molar-refractivity contribution in [2.75, 3.05) is 33.5 Å². The molecule has 41 heavy (non-hydrogen) atoms. The van der Waals surface area contributed by atoms with E-state index in [1.807, 2.05) is 36.4 Å². The zero-order valence-electron chi connectivity index (χ0n) is 23.4. The minimum Gasteiger partial charge on any atom is -0.507 e. The number of nitrogens with zero attached hydrogens (tertiary/aromatic N) is 1. The number of carbonyl (C=O) groups is 2. The van der Waals surface area contributed by atoms with Crippen LogP contribution < -0.4 is 18.9 Å². The summed E-state index contributed by atoms with van der Waals surface area (Å²) in [6.07, 6.45) is 3.63. The molecule has 1 saturated heterocycles. The van der Waals surface area contributed by atoms with E-state index in [0.29, 0.717) is 60.4 Å². The van der Waals surface area contributed by atoms with Gasteiger partial charge in [-0.2, -0.15) is 0 Å². The third-order valence-corrected chi connectivity index (χ3v) is 7.35. The van der Waals surface area contributed by atoms with Gasteiger partial charge in [0.05, 0.1) is 25.3 Å². The molecule has 3 aromatic rings. The molecule has 0 saturated carbocycles. The highest BCUT2D eigenvalue weighted by Gasteiger charge is 2.46. The SMILES string of the molecule is CCCCCOc1ccc(C2C(=C(O)c3ccc4c(c3)OCCO4)C(=O)C(=O)N2CCc2ccccc2)cc1OC. The van der Waals surface area contributed by atoms with E-state index in [-0.39, 0.29) is 17.9 Å². The van der Waals surface area contributed by atoms with E-state index in [0.717, 1.165) is 24.8 Å². The Bertz CT molecular complexity index is 1430. The van der Waals surface area contributed by atoms with Crippen molar-refractivity contribution in [1.29, 1.82) is 0 Å². The van der Waals surface area contributed by atoms with Crippen molar-refractivity contribution < 1.29 is 33.6 Å². The van der Waals surface area contributed by atoms with Gasteiger partial charge in [-0.25, -0.2) is 0 Å². The normalized spacial score (nSPS) is 17.5. The molecule has 2 aliphatic rings. The summed E-state index contributed by atoms with van der Waals surface area (Å²) in [6, 6.07) is 19.3. The van der Waals surface area contributed by atoms with Gasteiger partial charge >= 0.3 is 0 Å². The molecule has 0 radical (unpaired) electrons. The number of hydrogen-bond donors (Lipinski definition) is 1. The lowest BCUT2D eigenvalue weighted by atomic mass is 9.94. The number of fused-ring (bicyclic) bond motifs is 1. The molecule has 214 valence electrons. The van der Waals surface area contributed by atoms with Crippen molar-refractivity contribution in [3.05, 3.63) is 89.0 Å². The van der Waals surface area contributed by atoms with Crippen LogP contribution in [0.15, 0.2) is 72.3 Å². The van der Waals surface area contributed by atoms with Crippen LogP contribution in [0.4, 0.5) is 0 Å². The molecule has 1 atom stereocenters. The summed E-state index contributed by atoms with van der Waals surface area (Å²) in [5, 5.41) is 11.5. The van der Waals surface area contributed by atoms with Gasteiger partial charge in [0.25, 0.3) is 11.7 Å². The molecule has 1 fully saturated rings. The first-order valence-corrected chi connectivity index (χ1v) is 14.0. The standard InChI is InChI=1S/C33H35NO7/c1-3-4-8-17-39-25-13-11-23(20-27(25)38-2)30-29(31(35)24-12-14-26-28(21-24)41-19-18-40-26)32(36)33(37)34(30)16-15-22-9-6-5-7-10-22/h5-7,9-14,20-21,30,35H,3-4,8,15-19H2,1-2H3. The fourth-order valence-corrected chi connectivity index (χ4v) is 5.21. The molecule has 2 heterocycles. The van der Waals surface area contributed by atoms with E-state index in [1.165, 1.54) is 4.90 Å². The van der Waals surface area contributed by atoms with Crippen molar-refractivity contribution in [1.82, 2.24) is 4.90 Å². The van der Waals surface area contributed by atoms with Crippen molar-refractivity contribution >= 4 is 17.4 Å². The minimum atomic E-state index is -0.824. The number of carbonyl (C=O) groups excluding carboxylic acids is 2. The highest BCUT2D eigenvalue weighted by atomic mass is 16.6. The molecule has 1 amide bonds. The maximum absolute atomic E-state index is 13.5. The summed E-state index contributed by atoms with van der Waals surface area (Å²) < 4.78 is 22.9. The number of Topliss-reactive ketones (excluding diaryl/α,β-unsaturated/α-hetero) is 1. The number of rotatable bonds is 11. The summed E-state index contributed by atoms with van der Waals surface area (Å²) in [4.78, 5) is 28.5. The quantitative estimate of drug-likeness (QED) is 0.140. The van der Waals surface area contributed by atoms with E-state index in [2.05, 4.69) is 6.92 Å². The number of likely N-dealkylation sites (tertiary alicyclic amines) is 1. The summed E-state index contributed by atoms with van der Waals surface area (Å²) in [5.41, 5.74) is 2.05. The smallest absolute Gasteiger partial charge is 0.295 e. The summed E-state index contributed by atoms with van der Waals surface area (Å²) in [6.45, 7) is 3.80. The van der Waals surface area contributed by atoms with Crippen LogP contribution in [0.2, 0.25) is 0 Å². The Hall–Kier alpha value is -4.46. The van der Waals surface area contributed by atoms with Crippen LogP contribution in [0.25, 0.3) is 5.76 Å². The fourth-order valence-electron chi connectivity index (χ4n) is 5.21. The van der Waals surface area contributed by atoms with Gasteiger partial charge in [-0.1, -0.05) is 56.2 Å².